The minimum atomic E-state index is -0.0498. The van der Waals surface area contributed by atoms with Crippen molar-refractivity contribution in [2.45, 2.75) is 25.8 Å². The molecule has 0 aliphatic carbocycles. The molecule has 6 heteroatoms. The molecule has 2 N–H and O–H groups in total. The van der Waals surface area contributed by atoms with Gasteiger partial charge in [-0.25, -0.2) is 0 Å². The van der Waals surface area contributed by atoms with Crippen molar-refractivity contribution in [2.75, 3.05) is 34.4 Å². The highest BCUT2D eigenvalue weighted by atomic mass is 16.5. The average molecular weight is 322 g/mol. The number of carbonyl (C=O) groups is 1. The number of nitrogens with two attached hydrogens (primary N) is 1. The molecule has 1 saturated heterocycles. The molecule has 2 rings (SSSR count). The first-order valence-corrected chi connectivity index (χ1v) is 7.88. The number of hydrogen-bond donors (Lipinski definition) is 1. The van der Waals surface area contributed by atoms with Gasteiger partial charge in [-0.1, -0.05) is 6.92 Å². The van der Waals surface area contributed by atoms with Gasteiger partial charge in [-0.3, -0.25) is 4.79 Å². The first kappa shape index (κ1) is 17.4. The van der Waals surface area contributed by atoms with Gasteiger partial charge in [0.15, 0.2) is 11.5 Å². The molecule has 1 aliphatic rings. The summed E-state index contributed by atoms with van der Waals surface area (Å²) >= 11 is 0. The fourth-order valence-electron chi connectivity index (χ4n) is 3.23. The summed E-state index contributed by atoms with van der Waals surface area (Å²) in [4.78, 5) is 14.8. The molecule has 0 saturated carbocycles. The van der Waals surface area contributed by atoms with Crippen LogP contribution in [-0.2, 0) is 0 Å². The minimum absolute atomic E-state index is 0.0498. The van der Waals surface area contributed by atoms with E-state index in [1.807, 2.05) is 4.90 Å². The van der Waals surface area contributed by atoms with Gasteiger partial charge in [0.2, 0.25) is 5.75 Å². The van der Waals surface area contributed by atoms with Crippen molar-refractivity contribution in [2.24, 2.45) is 11.7 Å². The largest absolute Gasteiger partial charge is 0.493 e. The van der Waals surface area contributed by atoms with E-state index < -0.39 is 0 Å². The fourth-order valence-corrected chi connectivity index (χ4v) is 3.23. The standard InChI is InChI=1S/C17H26N2O4/c1-11-6-5-7-19(13(11)10-18)17(20)12-8-14(21-2)16(23-4)15(9-12)22-3/h8-9,11,13H,5-7,10,18H2,1-4H3. The van der Waals surface area contributed by atoms with Crippen LogP contribution in [0.1, 0.15) is 30.1 Å². The molecular weight excluding hydrogens is 296 g/mol. The van der Waals surface area contributed by atoms with Gasteiger partial charge in [0.1, 0.15) is 0 Å². The number of nitrogens with zero attached hydrogens (tertiary/aromatic N) is 1. The number of hydrogen-bond acceptors (Lipinski definition) is 5. The lowest BCUT2D eigenvalue weighted by Gasteiger charge is -2.39. The summed E-state index contributed by atoms with van der Waals surface area (Å²) in [6, 6.07) is 3.45. The molecule has 1 heterocycles. The molecule has 1 aromatic carbocycles. The highest BCUT2D eigenvalue weighted by Gasteiger charge is 2.32. The van der Waals surface area contributed by atoms with Gasteiger partial charge in [-0.15, -0.1) is 0 Å². The summed E-state index contributed by atoms with van der Waals surface area (Å²) in [6.07, 6.45) is 2.09. The van der Waals surface area contributed by atoms with E-state index in [2.05, 4.69) is 6.92 Å². The summed E-state index contributed by atoms with van der Waals surface area (Å²) in [5.41, 5.74) is 6.41. The second-order valence-electron chi connectivity index (χ2n) is 5.84. The lowest BCUT2D eigenvalue weighted by atomic mass is 9.90. The Balaban J connectivity index is 2.38. The normalized spacial score (nSPS) is 21.0. The van der Waals surface area contributed by atoms with Crippen LogP contribution in [-0.4, -0.2) is 51.3 Å². The molecule has 2 unspecified atom stereocenters. The van der Waals surface area contributed by atoms with Crippen LogP contribution < -0.4 is 19.9 Å². The smallest absolute Gasteiger partial charge is 0.254 e. The van der Waals surface area contributed by atoms with Crippen molar-refractivity contribution >= 4 is 5.91 Å². The van der Waals surface area contributed by atoms with Crippen molar-refractivity contribution < 1.29 is 19.0 Å². The van der Waals surface area contributed by atoms with E-state index in [9.17, 15) is 4.79 Å². The lowest BCUT2D eigenvalue weighted by Crippen LogP contribution is -2.51. The van der Waals surface area contributed by atoms with Crippen LogP contribution in [0.15, 0.2) is 12.1 Å². The van der Waals surface area contributed by atoms with E-state index in [-0.39, 0.29) is 11.9 Å². The third-order valence-electron chi connectivity index (χ3n) is 4.53. The number of amides is 1. The molecule has 0 aromatic heterocycles. The Hall–Kier alpha value is -1.95. The SMILES string of the molecule is COc1cc(C(=O)N2CCCC(C)C2CN)cc(OC)c1OC. The zero-order chi connectivity index (χ0) is 17.0. The van der Waals surface area contributed by atoms with Gasteiger partial charge in [-0.2, -0.15) is 0 Å². The molecule has 1 aliphatic heterocycles. The first-order valence-electron chi connectivity index (χ1n) is 7.88. The predicted molar refractivity (Wildman–Crippen MR) is 88.4 cm³/mol. The zero-order valence-electron chi connectivity index (χ0n) is 14.3. The number of piperidine rings is 1. The number of ether oxygens (including phenoxy) is 3. The van der Waals surface area contributed by atoms with Crippen LogP contribution >= 0.6 is 0 Å². The molecule has 0 radical (unpaired) electrons. The highest BCUT2D eigenvalue weighted by Crippen LogP contribution is 2.39. The molecule has 128 valence electrons. The van der Waals surface area contributed by atoms with E-state index in [0.717, 1.165) is 19.4 Å². The molecule has 6 nitrogen and oxygen atoms in total. The lowest BCUT2D eigenvalue weighted by molar-refractivity contribution is 0.0532. The second kappa shape index (κ2) is 7.55. The van der Waals surface area contributed by atoms with Gasteiger partial charge >= 0.3 is 0 Å². The van der Waals surface area contributed by atoms with Crippen LogP contribution in [0.3, 0.4) is 0 Å². The molecule has 1 aromatic rings. The topological polar surface area (TPSA) is 74.0 Å². The maximum absolute atomic E-state index is 13.0. The maximum atomic E-state index is 13.0. The van der Waals surface area contributed by atoms with E-state index in [1.165, 1.54) is 14.2 Å². The summed E-state index contributed by atoms with van der Waals surface area (Å²) in [5.74, 6) is 1.79. The summed E-state index contributed by atoms with van der Waals surface area (Å²) in [5, 5.41) is 0. The minimum Gasteiger partial charge on any atom is -0.493 e. The van der Waals surface area contributed by atoms with Gasteiger partial charge in [0, 0.05) is 24.7 Å². The van der Waals surface area contributed by atoms with Crippen LogP contribution in [0.2, 0.25) is 0 Å². The molecule has 1 amide bonds. The highest BCUT2D eigenvalue weighted by molar-refractivity contribution is 5.96. The van der Waals surface area contributed by atoms with Gasteiger partial charge in [0.05, 0.1) is 21.3 Å². The molecule has 1 fully saturated rings. The number of likely N-dealkylation sites (tertiary alicyclic amines) is 1. The molecule has 23 heavy (non-hydrogen) atoms. The zero-order valence-corrected chi connectivity index (χ0v) is 14.3. The fraction of sp³-hybridized carbons (Fsp3) is 0.588. The van der Waals surface area contributed by atoms with E-state index in [4.69, 9.17) is 19.9 Å². The summed E-state index contributed by atoms with van der Waals surface area (Å²) in [6.45, 7) is 3.34. The van der Waals surface area contributed by atoms with Crippen molar-refractivity contribution in [3.05, 3.63) is 17.7 Å². The second-order valence-corrected chi connectivity index (χ2v) is 5.84. The van der Waals surface area contributed by atoms with Crippen molar-refractivity contribution in [1.82, 2.24) is 4.90 Å². The number of methoxy groups -OCH3 is 3. The Morgan fingerprint density at radius 1 is 1.22 bits per heavy atom. The number of rotatable bonds is 5. The van der Waals surface area contributed by atoms with E-state index in [1.54, 1.807) is 19.2 Å². The van der Waals surface area contributed by atoms with Crippen LogP contribution in [0.5, 0.6) is 17.2 Å². The average Bonchev–Trinajstić information content (AvgIpc) is 2.59. The van der Waals surface area contributed by atoms with Crippen LogP contribution in [0.4, 0.5) is 0 Å². The van der Waals surface area contributed by atoms with Crippen molar-refractivity contribution in [3.63, 3.8) is 0 Å². The maximum Gasteiger partial charge on any atom is 0.254 e. The summed E-state index contributed by atoms with van der Waals surface area (Å²) in [7, 11) is 4.62. The Kier molecular flexibility index (Phi) is 5.71. The van der Waals surface area contributed by atoms with Gasteiger partial charge in [-0.05, 0) is 30.9 Å². The quantitative estimate of drug-likeness (QED) is 0.896. The predicted octanol–water partition coefficient (Wildman–Crippen LogP) is 1.91. The molecular formula is C17H26N2O4. The Labute approximate surface area is 137 Å². The Morgan fingerprint density at radius 3 is 2.30 bits per heavy atom. The molecule has 0 bridgehead atoms. The van der Waals surface area contributed by atoms with Crippen molar-refractivity contribution in [3.8, 4) is 17.2 Å². The van der Waals surface area contributed by atoms with Crippen LogP contribution in [0.25, 0.3) is 0 Å². The third kappa shape index (κ3) is 3.37. The first-order chi connectivity index (χ1) is 11.1. The monoisotopic (exact) mass is 322 g/mol. The summed E-state index contributed by atoms with van der Waals surface area (Å²) < 4.78 is 16.0. The van der Waals surface area contributed by atoms with E-state index in [0.29, 0.717) is 35.3 Å². The Morgan fingerprint density at radius 2 is 1.83 bits per heavy atom. The van der Waals surface area contributed by atoms with Gasteiger partial charge < -0.3 is 24.8 Å². The van der Waals surface area contributed by atoms with Gasteiger partial charge in [0.25, 0.3) is 5.91 Å². The number of carbonyl (C=O) groups excluding carboxylic acids is 1. The molecule has 2 atom stereocenters. The third-order valence-corrected chi connectivity index (χ3v) is 4.53. The molecule has 0 spiro atoms. The van der Waals surface area contributed by atoms with Crippen LogP contribution in [0, 0.1) is 5.92 Å². The Bertz CT molecular complexity index is 537. The number of benzene rings is 1. The van der Waals surface area contributed by atoms with Crippen molar-refractivity contribution in [1.29, 1.82) is 0 Å². The van der Waals surface area contributed by atoms with E-state index >= 15 is 0 Å².